The molecule has 18 heavy (non-hydrogen) atoms. The van der Waals surface area contributed by atoms with Gasteiger partial charge in [-0.2, -0.15) is 5.10 Å². The quantitative estimate of drug-likeness (QED) is 0.662. The maximum atomic E-state index is 11.4. The molecule has 0 radical (unpaired) electrons. The Hall–Kier alpha value is -1.82. The number of carbonyl (C=O) groups excluding carboxylic acids is 1. The minimum Gasteiger partial charge on any atom is -0.462 e. The van der Waals surface area contributed by atoms with Crippen molar-refractivity contribution in [2.24, 2.45) is 0 Å². The topological polar surface area (TPSA) is 67.9 Å². The number of nitrogens with zero attached hydrogens (tertiary/aromatic N) is 2. The Morgan fingerprint density at radius 3 is 2.94 bits per heavy atom. The van der Waals surface area contributed by atoms with Crippen LogP contribution >= 0.6 is 11.8 Å². The Kier molecular flexibility index (Phi) is 4.35. The van der Waals surface area contributed by atoms with Crippen molar-refractivity contribution in [1.82, 2.24) is 15.2 Å². The molecule has 2 rings (SSSR count). The molecule has 0 spiro atoms. The standard InChI is InChI=1S/C12H13N3O2S/c1-2-17-12(16)10-3-4-11(13-7-10)18-8-9-5-14-15-6-9/h3-7H,2,8H2,1H3,(H,14,15). The Labute approximate surface area is 109 Å². The third kappa shape index (κ3) is 3.33. The summed E-state index contributed by atoms with van der Waals surface area (Å²) >= 11 is 1.59. The highest BCUT2D eigenvalue weighted by atomic mass is 32.2. The van der Waals surface area contributed by atoms with E-state index in [1.165, 1.54) is 6.20 Å². The van der Waals surface area contributed by atoms with E-state index in [9.17, 15) is 4.79 Å². The highest BCUT2D eigenvalue weighted by Crippen LogP contribution is 2.20. The summed E-state index contributed by atoms with van der Waals surface area (Å²) in [4.78, 5) is 15.6. The van der Waals surface area contributed by atoms with Crippen LogP contribution in [0, 0.1) is 0 Å². The number of rotatable bonds is 5. The van der Waals surface area contributed by atoms with Crippen molar-refractivity contribution in [3.63, 3.8) is 0 Å². The molecule has 0 atom stereocenters. The summed E-state index contributed by atoms with van der Waals surface area (Å²) in [5.41, 5.74) is 1.58. The van der Waals surface area contributed by atoms with Gasteiger partial charge in [0, 0.05) is 23.7 Å². The lowest BCUT2D eigenvalue weighted by molar-refractivity contribution is 0.0525. The van der Waals surface area contributed by atoms with Gasteiger partial charge in [-0.05, 0) is 19.1 Å². The number of carbonyl (C=O) groups is 1. The van der Waals surface area contributed by atoms with Gasteiger partial charge in [0.15, 0.2) is 0 Å². The summed E-state index contributed by atoms with van der Waals surface area (Å²) in [6.07, 6.45) is 5.16. The fraction of sp³-hybridized carbons (Fsp3) is 0.250. The molecule has 0 saturated carbocycles. The zero-order chi connectivity index (χ0) is 12.8. The summed E-state index contributed by atoms with van der Waals surface area (Å²) < 4.78 is 4.89. The van der Waals surface area contributed by atoms with E-state index in [0.29, 0.717) is 12.2 Å². The first-order chi connectivity index (χ1) is 8.79. The maximum Gasteiger partial charge on any atom is 0.339 e. The highest BCUT2D eigenvalue weighted by Gasteiger charge is 2.06. The molecule has 2 aromatic rings. The monoisotopic (exact) mass is 263 g/mol. The zero-order valence-corrected chi connectivity index (χ0v) is 10.7. The summed E-state index contributed by atoms with van der Waals surface area (Å²) in [7, 11) is 0. The van der Waals surface area contributed by atoms with E-state index in [-0.39, 0.29) is 5.97 Å². The largest absolute Gasteiger partial charge is 0.462 e. The normalized spacial score (nSPS) is 10.3. The average Bonchev–Trinajstić information content (AvgIpc) is 2.90. The Bertz CT molecular complexity index is 497. The number of hydrogen-bond acceptors (Lipinski definition) is 5. The van der Waals surface area contributed by atoms with Crippen molar-refractivity contribution in [3.05, 3.63) is 41.9 Å². The van der Waals surface area contributed by atoms with Crippen LogP contribution in [0.15, 0.2) is 35.7 Å². The van der Waals surface area contributed by atoms with E-state index in [1.807, 2.05) is 12.3 Å². The first-order valence-corrected chi connectivity index (χ1v) is 6.51. The minimum absolute atomic E-state index is 0.337. The smallest absolute Gasteiger partial charge is 0.339 e. The molecule has 0 aliphatic heterocycles. The van der Waals surface area contributed by atoms with Crippen molar-refractivity contribution >= 4 is 17.7 Å². The lowest BCUT2D eigenvalue weighted by Gasteiger charge is -2.02. The van der Waals surface area contributed by atoms with Crippen molar-refractivity contribution in [1.29, 1.82) is 0 Å². The van der Waals surface area contributed by atoms with Crippen molar-refractivity contribution < 1.29 is 9.53 Å². The van der Waals surface area contributed by atoms with Gasteiger partial charge in [-0.3, -0.25) is 5.10 Å². The van der Waals surface area contributed by atoms with Crippen LogP contribution in [-0.4, -0.2) is 27.8 Å². The van der Waals surface area contributed by atoms with Gasteiger partial charge >= 0.3 is 5.97 Å². The minimum atomic E-state index is -0.337. The SMILES string of the molecule is CCOC(=O)c1ccc(SCc2cn[nH]c2)nc1. The molecule has 0 aliphatic rings. The Balaban J connectivity index is 1.93. The van der Waals surface area contributed by atoms with Gasteiger partial charge in [-0.25, -0.2) is 9.78 Å². The van der Waals surface area contributed by atoms with Gasteiger partial charge < -0.3 is 4.74 Å². The fourth-order valence-corrected chi connectivity index (χ4v) is 2.08. The predicted octanol–water partition coefficient (Wildman–Crippen LogP) is 2.27. The second-order valence-corrected chi connectivity index (χ2v) is 4.50. The van der Waals surface area contributed by atoms with E-state index in [4.69, 9.17) is 4.74 Å². The van der Waals surface area contributed by atoms with Gasteiger partial charge in [0.05, 0.1) is 23.4 Å². The number of ether oxygens (including phenoxy) is 1. The van der Waals surface area contributed by atoms with Crippen LogP contribution in [0.25, 0.3) is 0 Å². The average molecular weight is 263 g/mol. The van der Waals surface area contributed by atoms with Crippen molar-refractivity contribution in [3.8, 4) is 0 Å². The molecule has 94 valence electrons. The zero-order valence-electron chi connectivity index (χ0n) is 9.92. The molecule has 0 amide bonds. The van der Waals surface area contributed by atoms with Crippen LogP contribution in [0.2, 0.25) is 0 Å². The Morgan fingerprint density at radius 2 is 2.33 bits per heavy atom. The van der Waals surface area contributed by atoms with Crippen LogP contribution in [0.4, 0.5) is 0 Å². The lowest BCUT2D eigenvalue weighted by Crippen LogP contribution is -2.04. The van der Waals surface area contributed by atoms with Crippen LogP contribution in [-0.2, 0) is 10.5 Å². The lowest BCUT2D eigenvalue weighted by atomic mass is 10.3. The summed E-state index contributed by atoms with van der Waals surface area (Å²) in [5.74, 6) is 0.457. The van der Waals surface area contributed by atoms with Crippen LogP contribution < -0.4 is 0 Å². The third-order valence-corrected chi connectivity index (χ3v) is 3.20. The molecule has 1 N–H and O–H groups in total. The van der Waals surface area contributed by atoms with E-state index in [2.05, 4.69) is 15.2 Å². The molecule has 0 aromatic carbocycles. The van der Waals surface area contributed by atoms with Crippen molar-refractivity contribution in [2.75, 3.05) is 6.61 Å². The van der Waals surface area contributed by atoms with Crippen LogP contribution in [0.1, 0.15) is 22.8 Å². The Morgan fingerprint density at radius 1 is 1.44 bits per heavy atom. The summed E-state index contributed by atoms with van der Waals surface area (Å²) in [5, 5.41) is 7.50. The van der Waals surface area contributed by atoms with Gasteiger partial charge in [-0.1, -0.05) is 0 Å². The molecule has 0 bridgehead atoms. The van der Waals surface area contributed by atoms with Gasteiger partial charge in [-0.15, -0.1) is 11.8 Å². The molecular formula is C12H13N3O2S. The van der Waals surface area contributed by atoms with E-state index >= 15 is 0 Å². The van der Waals surface area contributed by atoms with E-state index in [0.717, 1.165) is 16.3 Å². The number of esters is 1. The number of aromatic amines is 1. The van der Waals surface area contributed by atoms with Gasteiger partial charge in [0.2, 0.25) is 0 Å². The molecule has 0 aliphatic carbocycles. The van der Waals surface area contributed by atoms with Gasteiger partial charge in [0.25, 0.3) is 0 Å². The highest BCUT2D eigenvalue weighted by molar-refractivity contribution is 7.98. The molecule has 0 saturated heterocycles. The number of aromatic nitrogens is 3. The molecule has 2 heterocycles. The molecular weight excluding hydrogens is 250 g/mol. The molecule has 0 fully saturated rings. The number of pyridine rings is 1. The summed E-state index contributed by atoms with van der Waals surface area (Å²) in [6.45, 7) is 2.15. The second kappa shape index (κ2) is 6.20. The summed E-state index contributed by atoms with van der Waals surface area (Å²) in [6, 6.07) is 3.54. The molecule has 2 aromatic heterocycles. The molecule has 0 unspecified atom stereocenters. The molecule has 5 nitrogen and oxygen atoms in total. The second-order valence-electron chi connectivity index (χ2n) is 3.50. The number of H-pyrrole nitrogens is 1. The first kappa shape index (κ1) is 12.6. The predicted molar refractivity (Wildman–Crippen MR) is 68.3 cm³/mol. The fourth-order valence-electron chi connectivity index (χ4n) is 1.31. The van der Waals surface area contributed by atoms with E-state index < -0.39 is 0 Å². The van der Waals surface area contributed by atoms with E-state index in [1.54, 1.807) is 30.9 Å². The van der Waals surface area contributed by atoms with Gasteiger partial charge in [0.1, 0.15) is 0 Å². The van der Waals surface area contributed by atoms with Crippen LogP contribution in [0.3, 0.4) is 0 Å². The van der Waals surface area contributed by atoms with Crippen LogP contribution in [0.5, 0.6) is 0 Å². The molecule has 6 heteroatoms. The third-order valence-electron chi connectivity index (χ3n) is 2.19. The number of nitrogens with one attached hydrogen (secondary N) is 1. The maximum absolute atomic E-state index is 11.4. The number of thioether (sulfide) groups is 1. The first-order valence-electron chi connectivity index (χ1n) is 5.53. The number of hydrogen-bond donors (Lipinski definition) is 1. The van der Waals surface area contributed by atoms with Crippen molar-refractivity contribution in [2.45, 2.75) is 17.7 Å².